The standard InChI is InChI=1S/C43H77O8P/c1-4-6-8-10-12-14-16-18-20-22-24-26-28-30-32-34-36-38-43(45)51-41(40-50-52(46,47)48-3)39-49-42(44)37-35-33-31-29-27-25-23-21-19-17-15-13-11-9-7-5-2/h6,8,12,14,18,20,24,26,41H,4-5,7,9-11,13,15-17,19,21-23,25,27-40H2,1-3H3,(H,46,47)/b8-6-,14-12-,20-18-,26-24-. The lowest BCUT2D eigenvalue weighted by Crippen LogP contribution is -2.29. The summed E-state index contributed by atoms with van der Waals surface area (Å²) >= 11 is 0. The van der Waals surface area contributed by atoms with Crippen LogP contribution in [0.4, 0.5) is 0 Å². The quantitative estimate of drug-likeness (QED) is 0.0287. The van der Waals surface area contributed by atoms with E-state index >= 15 is 0 Å². The average molecular weight is 753 g/mol. The molecule has 302 valence electrons. The molecule has 0 aromatic carbocycles. The Hall–Kier alpha value is -1.99. The first-order valence-corrected chi connectivity index (χ1v) is 22.3. The SMILES string of the molecule is CC/C=C\C/C=C\C/C=C\C/C=C\CCCCCCC(=O)OC(COC(=O)CCCCCCCCCCCCCCCCCC)COP(=O)(O)OC. The Morgan fingerprint density at radius 1 is 0.558 bits per heavy atom. The van der Waals surface area contributed by atoms with Crippen LogP contribution in [0.1, 0.15) is 187 Å². The fourth-order valence-corrected chi connectivity index (χ4v) is 6.11. The second-order valence-electron chi connectivity index (χ2n) is 13.7. The maximum absolute atomic E-state index is 12.5. The van der Waals surface area contributed by atoms with Gasteiger partial charge in [-0.2, -0.15) is 0 Å². The molecule has 0 saturated carbocycles. The third-order valence-electron chi connectivity index (χ3n) is 8.84. The summed E-state index contributed by atoms with van der Waals surface area (Å²) in [5.41, 5.74) is 0. The molecule has 2 atom stereocenters. The number of esters is 2. The van der Waals surface area contributed by atoms with Crippen LogP contribution in [0.15, 0.2) is 48.6 Å². The minimum absolute atomic E-state index is 0.217. The molecule has 0 aromatic heterocycles. The van der Waals surface area contributed by atoms with E-state index in [2.05, 4.69) is 67.0 Å². The summed E-state index contributed by atoms with van der Waals surface area (Å²) in [7, 11) is -3.21. The highest BCUT2D eigenvalue weighted by molar-refractivity contribution is 7.47. The molecule has 0 fully saturated rings. The van der Waals surface area contributed by atoms with Crippen molar-refractivity contribution in [2.75, 3.05) is 20.3 Å². The van der Waals surface area contributed by atoms with Crippen molar-refractivity contribution in [2.24, 2.45) is 0 Å². The van der Waals surface area contributed by atoms with E-state index in [0.29, 0.717) is 6.42 Å². The molecule has 0 radical (unpaired) electrons. The van der Waals surface area contributed by atoms with Crippen molar-refractivity contribution in [3.05, 3.63) is 48.6 Å². The number of phosphoric acid groups is 1. The second-order valence-corrected chi connectivity index (χ2v) is 15.3. The largest absolute Gasteiger partial charge is 0.472 e. The van der Waals surface area contributed by atoms with Gasteiger partial charge in [-0.3, -0.25) is 18.6 Å². The van der Waals surface area contributed by atoms with E-state index in [1.165, 1.54) is 83.5 Å². The highest BCUT2D eigenvalue weighted by atomic mass is 31.2. The third kappa shape index (κ3) is 37.8. The first-order valence-electron chi connectivity index (χ1n) is 20.8. The van der Waals surface area contributed by atoms with Crippen LogP contribution in [0.5, 0.6) is 0 Å². The van der Waals surface area contributed by atoms with Gasteiger partial charge in [0.25, 0.3) is 0 Å². The van der Waals surface area contributed by atoms with Gasteiger partial charge in [0.15, 0.2) is 6.10 Å². The highest BCUT2D eigenvalue weighted by Gasteiger charge is 2.24. The first kappa shape index (κ1) is 50.0. The summed E-state index contributed by atoms with van der Waals surface area (Å²) in [6.45, 7) is 3.76. The average Bonchev–Trinajstić information content (AvgIpc) is 3.13. The van der Waals surface area contributed by atoms with Crippen LogP contribution in [0.2, 0.25) is 0 Å². The lowest BCUT2D eigenvalue weighted by atomic mass is 10.0. The predicted molar refractivity (Wildman–Crippen MR) is 216 cm³/mol. The van der Waals surface area contributed by atoms with Gasteiger partial charge in [-0.25, -0.2) is 4.57 Å². The van der Waals surface area contributed by atoms with E-state index in [4.69, 9.17) is 14.0 Å². The Kier molecular flexibility index (Phi) is 37.2. The van der Waals surface area contributed by atoms with E-state index in [1.54, 1.807) is 0 Å². The van der Waals surface area contributed by atoms with Gasteiger partial charge in [-0.15, -0.1) is 0 Å². The minimum atomic E-state index is -4.27. The fraction of sp³-hybridized carbons (Fsp3) is 0.767. The van der Waals surface area contributed by atoms with Crippen molar-refractivity contribution in [3.8, 4) is 0 Å². The topological polar surface area (TPSA) is 108 Å². The number of rotatable bonds is 38. The molecule has 0 rings (SSSR count). The van der Waals surface area contributed by atoms with E-state index < -0.39 is 26.5 Å². The third-order valence-corrected chi connectivity index (χ3v) is 9.77. The molecule has 0 aliphatic heterocycles. The van der Waals surface area contributed by atoms with Crippen LogP contribution in [0.3, 0.4) is 0 Å². The van der Waals surface area contributed by atoms with Crippen molar-refractivity contribution in [3.63, 3.8) is 0 Å². The Morgan fingerprint density at radius 3 is 1.46 bits per heavy atom. The molecule has 0 spiro atoms. The summed E-state index contributed by atoms with van der Waals surface area (Å²) in [6.07, 6.45) is 45.9. The summed E-state index contributed by atoms with van der Waals surface area (Å²) < 4.78 is 31.9. The molecule has 0 aromatic rings. The van der Waals surface area contributed by atoms with Gasteiger partial charge in [-0.05, 0) is 51.4 Å². The van der Waals surface area contributed by atoms with E-state index in [0.717, 1.165) is 77.7 Å². The molecule has 1 N–H and O–H groups in total. The van der Waals surface area contributed by atoms with Gasteiger partial charge in [0.05, 0.1) is 6.61 Å². The van der Waals surface area contributed by atoms with Crippen LogP contribution in [0.25, 0.3) is 0 Å². The number of allylic oxidation sites excluding steroid dienone is 8. The van der Waals surface area contributed by atoms with Crippen molar-refractivity contribution < 1.29 is 37.6 Å². The van der Waals surface area contributed by atoms with Crippen LogP contribution in [-0.4, -0.2) is 43.3 Å². The molecule has 0 aliphatic carbocycles. The molecule has 9 heteroatoms. The monoisotopic (exact) mass is 753 g/mol. The molecule has 0 bridgehead atoms. The summed E-state index contributed by atoms with van der Waals surface area (Å²) in [5, 5.41) is 0. The molecule has 2 unspecified atom stereocenters. The Labute approximate surface area is 318 Å². The summed E-state index contributed by atoms with van der Waals surface area (Å²) in [4.78, 5) is 34.4. The molecule has 0 heterocycles. The number of phosphoric ester groups is 1. The fourth-order valence-electron chi connectivity index (χ4n) is 5.65. The second kappa shape index (κ2) is 38.7. The van der Waals surface area contributed by atoms with E-state index in [1.807, 2.05) is 0 Å². The van der Waals surface area contributed by atoms with Gasteiger partial charge < -0.3 is 14.4 Å². The molecule has 0 amide bonds. The molecule has 52 heavy (non-hydrogen) atoms. The zero-order valence-electron chi connectivity index (χ0n) is 33.5. The van der Waals surface area contributed by atoms with Crippen molar-refractivity contribution in [1.82, 2.24) is 0 Å². The van der Waals surface area contributed by atoms with E-state index in [9.17, 15) is 19.0 Å². The van der Waals surface area contributed by atoms with Crippen LogP contribution < -0.4 is 0 Å². The maximum atomic E-state index is 12.5. The van der Waals surface area contributed by atoms with Gasteiger partial charge in [-0.1, -0.05) is 172 Å². The number of carbonyl (C=O) groups excluding carboxylic acids is 2. The Morgan fingerprint density at radius 2 is 0.981 bits per heavy atom. The van der Waals surface area contributed by atoms with Crippen molar-refractivity contribution in [1.29, 1.82) is 0 Å². The highest BCUT2D eigenvalue weighted by Crippen LogP contribution is 2.42. The predicted octanol–water partition coefficient (Wildman–Crippen LogP) is 13.0. The van der Waals surface area contributed by atoms with Gasteiger partial charge >= 0.3 is 19.8 Å². The number of hydrogen-bond donors (Lipinski definition) is 1. The van der Waals surface area contributed by atoms with Crippen molar-refractivity contribution >= 4 is 19.8 Å². The molecule has 0 aliphatic rings. The normalized spacial score (nSPS) is 13.8. The van der Waals surface area contributed by atoms with Crippen molar-refractivity contribution in [2.45, 2.75) is 193 Å². The number of hydrogen-bond acceptors (Lipinski definition) is 7. The summed E-state index contributed by atoms with van der Waals surface area (Å²) in [5.74, 6) is -0.829. The molecule has 8 nitrogen and oxygen atoms in total. The van der Waals surface area contributed by atoms with Gasteiger partial charge in [0, 0.05) is 20.0 Å². The Bertz CT molecular complexity index is 990. The number of ether oxygens (including phenoxy) is 2. The number of unbranched alkanes of at least 4 members (excludes halogenated alkanes) is 19. The Balaban J connectivity index is 4.05. The lowest BCUT2D eigenvalue weighted by molar-refractivity contribution is -0.161. The lowest BCUT2D eigenvalue weighted by Gasteiger charge is -2.19. The van der Waals surface area contributed by atoms with Crippen LogP contribution in [-0.2, 0) is 32.7 Å². The molecular formula is C43H77O8P. The first-order chi connectivity index (χ1) is 25.3. The van der Waals surface area contributed by atoms with Gasteiger partial charge in [0.1, 0.15) is 6.61 Å². The van der Waals surface area contributed by atoms with Crippen LogP contribution in [0, 0.1) is 0 Å². The minimum Gasteiger partial charge on any atom is -0.462 e. The smallest absolute Gasteiger partial charge is 0.462 e. The maximum Gasteiger partial charge on any atom is 0.472 e. The molecular weight excluding hydrogens is 675 g/mol. The van der Waals surface area contributed by atoms with Crippen LogP contribution >= 0.6 is 7.82 Å². The van der Waals surface area contributed by atoms with E-state index in [-0.39, 0.29) is 25.4 Å². The summed E-state index contributed by atoms with van der Waals surface area (Å²) in [6, 6.07) is 0. The zero-order valence-corrected chi connectivity index (χ0v) is 34.3. The zero-order chi connectivity index (χ0) is 38.2. The number of carbonyl (C=O) groups is 2. The molecule has 0 saturated heterocycles. The van der Waals surface area contributed by atoms with Gasteiger partial charge in [0.2, 0.25) is 0 Å².